The van der Waals surface area contributed by atoms with Crippen LogP contribution in [-0.2, 0) is 0 Å². The standard InChI is InChI=1S/3C25H13BN2/c1-27-15-12-13-22-19(14-15)18-8-4-10-21-25(18)28(22)23-11-5-7-17-16-6-2-3-9-20(16)26(21)24(17)23;27-14-15-6-3-9-18-19-10-4-12-21-25(19)28(24(15)18)22-13-5-8-17-16-7-1-2-11-20(16)26(21)23(17)22;27-14-15-11-12-17-19-7-3-9-21-25(19)28(23(17)13-15)22-10-4-6-18-16-5-1-2-8-20(16)26(21)24(18)22/h2-14H;2*1-13H. The van der Waals surface area contributed by atoms with Gasteiger partial charge in [-0.2, -0.15) is 10.5 Å². The third kappa shape index (κ3) is 5.60. The SMILES string of the molecule is N#Cc1ccc2c3cccc4c3n(c2c1)-c1cccc2c1B4c1ccccc1-2.N#Cc1cccc2c3cccc4c3n(c12)-c1cccc2c1B4c1ccccc1-2.[C-]#[N+]c1ccc2c(c1)c1cccc3c1n2-c1cccc2c1B3c1ccccc1-2. The Labute approximate surface area is 483 Å². The third-order valence-corrected chi connectivity index (χ3v) is 19.3. The van der Waals surface area contributed by atoms with Crippen molar-refractivity contribution in [3.63, 3.8) is 0 Å². The first-order chi connectivity index (χ1) is 41.6. The fourth-order valence-corrected chi connectivity index (χ4v) is 16.3. The zero-order valence-electron chi connectivity index (χ0n) is 44.9. The van der Waals surface area contributed by atoms with Crippen molar-refractivity contribution >= 4 is 140 Å². The average molecular weight is 1060 g/mol. The Balaban J connectivity index is 0.0000000929. The van der Waals surface area contributed by atoms with Crippen molar-refractivity contribution in [2.24, 2.45) is 0 Å². The minimum atomic E-state index is 0.258. The van der Waals surface area contributed by atoms with E-state index in [0.29, 0.717) is 11.3 Å². The van der Waals surface area contributed by atoms with Crippen molar-refractivity contribution < 1.29 is 0 Å². The molecule has 84 heavy (non-hydrogen) atoms. The van der Waals surface area contributed by atoms with E-state index in [0.717, 1.165) is 27.4 Å². The predicted octanol–water partition coefficient (Wildman–Crippen LogP) is 11.1. The van der Waals surface area contributed by atoms with Gasteiger partial charge in [-0.3, -0.25) is 0 Å². The van der Waals surface area contributed by atoms with Gasteiger partial charge in [-0.25, -0.2) is 4.85 Å². The topological polar surface area (TPSA) is 66.7 Å². The van der Waals surface area contributed by atoms with Crippen molar-refractivity contribution in [1.29, 1.82) is 10.5 Å². The number of nitriles is 2. The second-order valence-electron chi connectivity index (χ2n) is 23.0. The summed E-state index contributed by atoms with van der Waals surface area (Å²) in [7, 11) is 0. The molecule has 6 aliphatic heterocycles. The van der Waals surface area contributed by atoms with Crippen molar-refractivity contribution in [3.8, 4) is 62.6 Å². The van der Waals surface area contributed by atoms with Crippen LogP contribution in [0.5, 0.6) is 0 Å². The van der Waals surface area contributed by atoms with Crippen molar-refractivity contribution in [2.75, 3.05) is 0 Å². The Hall–Kier alpha value is -11.3. The van der Waals surface area contributed by atoms with Crippen LogP contribution in [0.15, 0.2) is 237 Å². The van der Waals surface area contributed by atoms with E-state index in [1.165, 1.54) is 143 Å². The van der Waals surface area contributed by atoms with E-state index in [4.69, 9.17) is 6.57 Å². The quantitative estimate of drug-likeness (QED) is 0.112. The van der Waals surface area contributed by atoms with Gasteiger partial charge in [0, 0.05) is 60.5 Å². The van der Waals surface area contributed by atoms with E-state index in [1.807, 2.05) is 36.4 Å². The summed E-state index contributed by atoms with van der Waals surface area (Å²) in [4.78, 5) is 3.66. The normalized spacial score (nSPS) is 12.9. The molecular weight excluding hydrogens is 1020 g/mol. The highest BCUT2D eigenvalue weighted by atomic mass is 15.0. The lowest BCUT2D eigenvalue weighted by atomic mass is 9.37. The van der Waals surface area contributed by atoms with Crippen molar-refractivity contribution in [2.45, 2.75) is 0 Å². The monoisotopic (exact) mass is 1060 g/mol. The second-order valence-corrected chi connectivity index (χ2v) is 23.0. The summed E-state index contributed by atoms with van der Waals surface area (Å²) < 4.78 is 7.12. The third-order valence-electron chi connectivity index (χ3n) is 19.3. The first-order valence-corrected chi connectivity index (χ1v) is 28.7. The number of aromatic nitrogens is 3. The smallest absolute Gasteiger partial charge is 0.248 e. The van der Waals surface area contributed by atoms with Gasteiger partial charge in [0.15, 0.2) is 5.69 Å². The number of rotatable bonds is 0. The number of fused-ring (bicyclic) bond motifs is 24. The molecule has 9 heteroatoms. The van der Waals surface area contributed by atoms with Crippen LogP contribution in [0, 0.1) is 29.2 Å². The van der Waals surface area contributed by atoms with E-state index < -0.39 is 0 Å². The van der Waals surface area contributed by atoms with Gasteiger partial charge >= 0.3 is 0 Å². The molecule has 15 aromatic rings. The van der Waals surface area contributed by atoms with E-state index in [-0.39, 0.29) is 20.1 Å². The molecule has 6 nitrogen and oxygen atoms in total. The summed E-state index contributed by atoms with van der Waals surface area (Å²) in [6.45, 7) is 8.23. The molecule has 0 fully saturated rings. The largest absolute Gasteiger partial charge is 0.310 e. The molecular formula is C75H39B3N6. The first kappa shape index (κ1) is 45.4. The molecule has 0 saturated carbocycles. The molecule has 0 bridgehead atoms. The van der Waals surface area contributed by atoms with Crippen LogP contribution in [0.1, 0.15) is 11.1 Å². The molecule has 0 unspecified atom stereocenters. The molecule has 21 rings (SSSR count). The van der Waals surface area contributed by atoms with E-state index in [2.05, 4.69) is 231 Å². The number of hydrogen-bond acceptors (Lipinski definition) is 2. The Bertz CT molecular complexity index is 5680. The fourth-order valence-electron chi connectivity index (χ4n) is 16.3. The summed E-state index contributed by atoms with van der Waals surface area (Å²) >= 11 is 0. The molecule has 3 aromatic heterocycles. The minimum Gasteiger partial charge on any atom is -0.310 e. The van der Waals surface area contributed by atoms with Crippen molar-refractivity contribution in [3.05, 3.63) is 259 Å². The molecule has 12 aromatic carbocycles. The highest BCUT2D eigenvalue weighted by Gasteiger charge is 2.44. The zero-order valence-corrected chi connectivity index (χ0v) is 44.9. The summed E-state index contributed by atoms with van der Waals surface area (Å²) in [5, 5.41) is 26.5. The van der Waals surface area contributed by atoms with Gasteiger partial charge in [-0.15, -0.1) is 0 Å². The highest BCUT2D eigenvalue weighted by Crippen LogP contribution is 2.42. The van der Waals surface area contributed by atoms with Gasteiger partial charge in [0.25, 0.3) is 0 Å². The maximum Gasteiger partial charge on any atom is 0.248 e. The molecule has 378 valence electrons. The molecule has 0 spiro atoms. The molecule has 9 heterocycles. The van der Waals surface area contributed by atoms with Crippen LogP contribution < -0.4 is 49.2 Å². The van der Waals surface area contributed by atoms with Crippen molar-refractivity contribution in [1.82, 2.24) is 13.7 Å². The van der Waals surface area contributed by atoms with Crippen LogP contribution >= 0.6 is 0 Å². The molecule has 0 radical (unpaired) electrons. The van der Waals surface area contributed by atoms with Gasteiger partial charge in [0.1, 0.15) is 6.07 Å². The summed E-state index contributed by atoms with van der Waals surface area (Å²) in [5.41, 5.74) is 33.4. The number of para-hydroxylation sites is 4. The minimum absolute atomic E-state index is 0.258. The van der Waals surface area contributed by atoms with Gasteiger partial charge in [-0.05, 0) is 120 Å². The van der Waals surface area contributed by atoms with E-state index >= 15 is 0 Å². The zero-order chi connectivity index (χ0) is 55.2. The van der Waals surface area contributed by atoms with Gasteiger partial charge in [0.2, 0.25) is 20.1 Å². The van der Waals surface area contributed by atoms with Gasteiger partial charge in [0.05, 0.1) is 40.3 Å². The van der Waals surface area contributed by atoms with E-state index in [1.54, 1.807) is 0 Å². The summed E-state index contributed by atoms with van der Waals surface area (Å²) in [6.07, 6.45) is 0. The Kier molecular flexibility index (Phi) is 8.89. The molecule has 0 saturated heterocycles. The molecule has 0 N–H and O–H groups in total. The molecule has 0 amide bonds. The number of nitrogens with zero attached hydrogens (tertiary/aromatic N) is 6. The lowest BCUT2D eigenvalue weighted by Crippen LogP contribution is -2.53. The fraction of sp³-hybridized carbons (Fsp3) is 0. The maximum atomic E-state index is 9.81. The molecule has 0 aliphatic carbocycles. The van der Waals surface area contributed by atoms with Crippen LogP contribution in [0.2, 0.25) is 0 Å². The Morgan fingerprint density at radius 1 is 0.321 bits per heavy atom. The van der Waals surface area contributed by atoms with E-state index in [9.17, 15) is 10.5 Å². The van der Waals surface area contributed by atoms with Crippen LogP contribution in [0.25, 0.3) is 121 Å². The van der Waals surface area contributed by atoms with Gasteiger partial charge in [-0.1, -0.05) is 204 Å². The summed E-state index contributed by atoms with van der Waals surface area (Å²) in [6, 6.07) is 89.1. The highest BCUT2D eigenvalue weighted by molar-refractivity contribution is 7.03. The summed E-state index contributed by atoms with van der Waals surface area (Å²) in [5.74, 6) is 0. The van der Waals surface area contributed by atoms with Gasteiger partial charge < -0.3 is 13.7 Å². The number of benzene rings is 12. The van der Waals surface area contributed by atoms with Crippen LogP contribution in [0.3, 0.4) is 0 Å². The number of hydrogen-bond donors (Lipinski definition) is 0. The maximum absolute atomic E-state index is 9.81. The Morgan fingerprint density at radius 3 is 1.25 bits per heavy atom. The predicted molar refractivity (Wildman–Crippen MR) is 348 cm³/mol. The molecule has 6 aliphatic rings. The second kappa shape index (κ2) is 16.4. The van der Waals surface area contributed by atoms with Crippen LogP contribution in [0.4, 0.5) is 5.69 Å². The lowest BCUT2D eigenvalue weighted by Gasteiger charge is -2.24. The Morgan fingerprint density at radius 2 is 0.738 bits per heavy atom. The lowest BCUT2D eigenvalue weighted by molar-refractivity contribution is 1.19. The average Bonchev–Trinajstić information content (AvgIpc) is 1.77. The molecule has 0 atom stereocenters. The first-order valence-electron chi connectivity index (χ1n) is 28.7. The van der Waals surface area contributed by atoms with Crippen LogP contribution in [-0.4, -0.2) is 33.8 Å².